The SMILES string of the molecule is CC(C)=CCNCc1cccc(Cl)c1F. The highest BCUT2D eigenvalue weighted by atomic mass is 35.5. The Morgan fingerprint density at radius 3 is 2.87 bits per heavy atom. The molecule has 0 heterocycles. The summed E-state index contributed by atoms with van der Waals surface area (Å²) >= 11 is 5.66. The monoisotopic (exact) mass is 227 g/mol. The van der Waals surface area contributed by atoms with Crippen molar-refractivity contribution in [3.05, 3.63) is 46.3 Å². The van der Waals surface area contributed by atoms with Gasteiger partial charge < -0.3 is 5.32 Å². The predicted octanol–water partition coefficient (Wildman–Crippen LogP) is 3.53. The molecule has 0 spiro atoms. The molecular weight excluding hydrogens is 213 g/mol. The number of halogens is 2. The molecule has 1 nitrogen and oxygen atoms in total. The summed E-state index contributed by atoms with van der Waals surface area (Å²) in [7, 11) is 0. The second-order valence-electron chi connectivity index (χ2n) is 3.63. The van der Waals surface area contributed by atoms with E-state index in [0.29, 0.717) is 12.1 Å². The van der Waals surface area contributed by atoms with Gasteiger partial charge in [-0.2, -0.15) is 0 Å². The molecule has 0 unspecified atom stereocenters. The third-order valence-corrected chi connectivity index (χ3v) is 2.29. The van der Waals surface area contributed by atoms with Gasteiger partial charge in [-0.05, 0) is 19.9 Å². The van der Waals surface area contributed by atoms with E-state index in [9.17, 15) is 4.39 Å². The molecule has 15 heavy (non-hydrogen) atoms. The molecule has 0 radical (unpaired) electrons. The molecule has 0 fully saturated rings. The van der Waals surface area contributed by atoms with Crippen LogP contribution in [0.2, 0.25) is 5.02 Å². The number of benzene rings is 1. The number of nitrogens with one attached hydrogen (secondary N) is 1. The Balaban J connectivity index is 2.51. The Morgan fingerprint density at radius 2 is 2.20 bits per heavy atom. The zero-order chi connectivity index (χ0) is 11.3. The molecule has 0 atom stereocenters. The highest BCUT2D eigenvalue weighted by molar-refractivity contribution is 6.30. The van der Waals surface area contributed by atoms with Crippen LogP contribution in [-0.2, 0) is 6.54 Å². The zero-order valence-electron chi connectivity index (χ0n) is 8.98. The lowest BCUT2D eigenvalue weighted by Crippen LogP contribution is -2.14. The number of allylic oxidation sites excluding steroid dienone is 1. The van der Waals surface area contributed by atoms with Gasteiger partial charge in [0.1, 0.15) is 5.82 Å². The van der Waals surface area contributed by atoms with E-state index in [-0.39, 0.29) is 10.8 Å². The lowest BCUT2D eigenvalue weighted by atomic mass is 10.2. The first-order valence-electron chi connectivity index (χ1n) is 4.88. The average molecular weight is 228 g/mol. The summed E-state index contributed by atoms with van der Waals surface area (Å²) in [5.41, 5.74) is 1.85. The lowest BCUT2D eigenvalue weighted by Gasteiger charge is -2.05. The summed E-state index contributed by atoms with van der Waals surface area (Å²) in [5.74, 6) is -0.330. The van der Waals surface area contributed by atoms with Crippen LogP contribution in [-0.4, -0.2) is 6.54 Å². The molecule has 1 N–H and O–H groups in total. The minimum atomic E-state index is -0.330. The van der Waals surface area contributed by atoms with Crippen LogP contribution >= 0.6 is 11.6 Å². The van der Waals surface area contributed by atoms with Crippen LogP contribution in [0.25, 0.3) is 0 Å². The predicted molar refractivity (Wildman–Crippen MR) is 62.5 cm³/mol. The van der Waals surface area contributed by atoms with Crippen molar-refractivity contribution in [1.82, 2.24) is 5.32 Å². The molecule has 82 valence electrons. The van der Waals surface area contributed by atoms with Crippen molar-refractivity contribution in [2.24, 2.45) is 0 Å². The number of hydrogen-bond donors (Lipinski definition) is 1. The first kappa shape index (κ1) is 12.2. The zero-order valence-corrected chi connectivity index (χ0v) is 9.74. The maximum atomic E-state index is 13.4. The van der Waals surface area contributed by atoms with Gasteiger partial charge in [0.05, 0.1) is 5.02 Å². The van der Waals surface area contributed by atoms with Crippen molar-refractivity contribution in [1.29, 1.82) is 0 Å². The fourth-order valence-electron chi connectivity index (χ4n) is 1.17. The van der Waals surface area contributed by atoms with E-state index in [2.05, 4.69) is 11.4 Å². The summed E-state index contributed by atoms with van der Waals surface area (Å²) in [5, 5.41) is 3.30. The number of rotatable bonds is 4. The van der Waals surface area contributed by atoms with E-state index in [0.717, 1.165) is 6.54 Å². The summed E-state index contributed by atoms with van der Waals surface area (Å²) in [6.45, 7) is 5.30. The van der Waals surface area contributed by atoms with Crippen LogP contribution in [0.3, 0.4) is 0 Å². The Bertz CT molecular complexity index is 357. The van der Waals surface area contributed by atoms with E-state index in [4.69, 9.17) is 11.6 Å². The maximum Gasteiger partial charge on any atom is 0.146 e. The molecule has 0 amide bonds. The van der Waals surface area contributed by atoms with Gasteiger partial charge in [-0.15, -0.1) is 0 Å². The molecule has 0 aliphatic heterocycles. The third-order valence-electron chi connectivity index (χ3n) is 2.00. The van der Waals surface area contributed by atoms with Crippen LogP contribution in [0.15, 0.2) is 29.8 Å². The van der Waals surface area contributed by atoms with E-state index in [1.165, 1.54) is 5.57 Å². The average Bonchev–Trinajstić information content (AvgIpc) is 2.18. The normalized spacial score (nSPS) is 10.1. The highest BCUT2D eigenvalue weighted by Crippen LogP contribution is 2.17. The first-order valence-corrected chi connectivity index (χ1v) is 5.26. The first-order chi connectivity index (χ1) is 7.11. The van der Waals surface area contributed by atoms with Crippen LogP contribution in [0.4, 0.5) is 4.39 Å². The van der Waals surface area contributed by atoms with Gasteiger partial charge in [-0.3, -0.25) is 0 Å². The highest BCUT2D eigenvalue weighted by Gasteiger charge is 2.04. The fourth-order valence-corrected chi connectivity index (χ4v) is 1.36. The molecule has 1 aromatic rings. The molecule has 0 aromatic heterocycles. The van der Waals surface area contributed by atoms with Crippen molar-refractivity contribution >= 4 is 11.6 Å². The van der Waals surface area contributed by atoms with Gasteiger partial charge in [0.15, 0.2) is 0 Å². The van der Waals surface area contributed by atoms with E-state index < -0.39 is 0 Å². The number of hydrogen-bond acceptors (Lipinski definition) is 1. The van der Waals surface area contributed by atoms with Gasteiger partial charge in [0.2, 0.25) is 0 Å². The minimum absolute atomic E-state index is 0.177. The van der Waals surface area contributed by atoms with Gasteiger partial charge in [-0.25, -0.2) is 4.39 Å². The molecule has 0 aliphatic carbocycles. The standard InChI is InChI=1S/C12H15ClFN/c1-9(2)6-7-15-8-10-4-3-5-11(13)12(10)14/h3-6,15H,7-8H2,1-2H3. The van der Waals surface area contributed by atoms with Gasteiger partial charge in [0.25, 0.3) is 0 Å². The van der Waals surface area contributed by atoms with Crippen molar-refractivity contribution in [3.8, 4) is 0 Å². The van der Waals surface area contributed by atoms with Gasteiger partial charge in [-0.1, -0.05) is 35.4 Å². The molecule has 3 heteroatoms. The smallest absolute Gasteiger partial charge is 0.146 e. The molecule has 0 aliphatic rings. The summed E-state index contributed by atoms with van der Waals surface area (Å²) in [4.78, 5) is 0. The van der Waals surface area contributed by atoms with Crippen molar-refractivity contribution < 1.29 is 4.39 Å². The van der Waals surface area contributed by atoms with Crippen LogP contribution in [0.5, 0.6) is 0 Å². The Kier molecular flexibility index (Phi) is 4.79. The maximum absolute atomic E-state index is 13.4. The fraction of sp³-hybridized carbons (Fsp3) is 0.333. The van der Waals surface area contributed by atoms with Crippen LogP contribution < -0.4 is 5.32 Å². The van der Waals surface area contributed by atoms with Crippen molar-refractivity contribution in [2.75, 3.05) is 6.54 Å². The quantitative estimate of drug-likeness (QED) is 0.613. The molecule has 1 aromatic carbocycles. The molecule has 0 saturated heterocycles. The summed E-state index contributed by atoms with van der Waals surface area (Å²) in [6.07, 6.45) is 2.06. The van der Waals surface area contributed by atoms with Crippen LogP contribution in [0.1, 0.15) is 19.4 Å². The van der Waals surface area contributed by atoms with Gasteiger partial charge in [0, 0.05) is 18.7 Å². The molecule has 0 saturated carbocycles. The van der Waals surface area contributed by atoms with Gasteiger partial charge >= 0.3 is 0 Å². The van der Waals surface area contributed by atoms with Crippen molar-refractivity contribution in [2.45, 2.75) is 20.4 Å². The third kappa shape index (κ3) is 4.02. The van der Waals surface area contributed by atoms with Crippen molar-refractivity contribution in [3.63, 3.8) is 0 Å². The second kappa shape index (κ2) is 5.89. The Labute approximate surface area is 95.0 Å². The van der Waals surface area contributed by atoms with E-state index in [1.54, 1.807) is 18.2 Å². The minimum Gasteiger partial charge on any atom is -0.309 e. The van der Waals surface area contributed by atoms with Crippen LogP contribution in [0, 0.1) is 5.82 Å². The molecule has 1 rings (SSSR count). The Hall–Kier alpha value is -0.860. The molecular formula is C12H15ClFN. The Morgan fingerprint density at radius 1 is 1.47 bits per heavy atom. The topological polar surface area (TPSA) is 12.0 Å². The van der Waals surface area contributed by atoms with E-state index >= 15 is 0 Å². The second-order valence-corrected chi connectivity index (χ2v) is 4.03. The molecule has 0 bridgehead atoms. The largest absolute Gasteiger partial charge is 0.309 e. The van der Waals surface area contributed by atoms with E-state index in [1.807, 2.05) is 13.8 Å². The lowest BCUT2D eigenvalue weighted by molar-refractivity contribution is 0.597. The summed E-state index contributed by atoms with van der Waals surface area (Å²) in [6, 6.07) is 5.04. The summed E-state index contributed by atoms with van der Waals surface area (Å²) < 4.78 is 13.4.